The van der Waals surface area contributed by atoms with Crippen molar-refractivity contribution in [3.8, 4) is 0 Å². The molecule has 0 aromatic carbocycles. The summed E-state index contributed by atoms with van der Waals surface area (Å²) in [7, 11) is 0. The lowest BCUT2D eigenvalue weighted by atomic mass is 9.74. The Morgan fingerprint density at radius 3 is 2.33 bits per heavy atom. The third kappa shape index (κ3) is 2.32. The maximum absolute atomic E-state index is 11.9. The monoisotopic (exact) mass is 227 g/mol. The molecule has 0 bridgehead atoms. The minimum Gasteiger partial charge on any atom is -0.351 e. The van der Waals surface area contributed by atoms with E-state index in [0.29, 0.717) is 6.42 Å². The largest absolute Gasteiger partial charge is 0.351 e. The van der Waals surface area contributed by atoms with Gasteiger partial charge in [0.2, 0.25) is 5.91 Å². The van der Waals surface area contributed by atoms with E-state index in [1.165, 1.54) is 32.1 Å². The molecule has 1 N–H and O–H groups in total. The van der Waals surface area contributed by atoms with Crippen molar-refractivity contribution in [1.82, 2.24) is 5.32 Å². The van der Waals surface area contributed by atoms with Gasteiger partial charge in [-0.3, -0.25) is 4.79 Å². The second-order valence-corrected chi connectivity index (χ2v) is 5.69. The minimum atomic E-state index is 0.157. The first kappa shape index (κ1) is 11.3. The second kappa shape index (κ2) is 4.00. The molecule has 2 fully saturated rings. The fourth-order valence-corrected chi connectivity index (χ4v) is 2.85. The van der Waals surface area contributed by atoms with Crippen molar-refractivity contribution in [2.75, 3.05) is 5.75 Å². The Kier molecular flexibility index (Phi) is 3.02. The highest BCUT2D eigenvalue weighted by Crippen LogP contribution is 2.49. The van der Waals surface area contributed by atoms with Crippen LogP contribution in [0.1, 0.15) is 51.9 Å². The second-order valence-electron chi connectivity index (χ2n) is 5.37. The van der Waals surface area contributed by atoms with Gasteiger partial charge in [0, 0.05) is 12.0 Å². The van der Waals surface area contributed by atoms with Gasteiger partial charge in [-0.05, 0) is 49.7 Å². The molecule has 0 atom stereocenters. The molecule has 0 spiro atoms. The number of amides is 1. The molecule has 3 heteroatoms. The summed E-state index contributed by atoms with van der Waals surface area (Å²) in [4.78, 5) is 11.9. The molecular formula is C12H21NOS. The first-order chi connectivity index (χ1) is 7.14. The highest BCUT2D eigenvalue weighted by Gasteiger charge is 2.44. The smallest absolute Gasteiger partial charge is 0.221 e. The molecule has 0 radical (unpaired) electrons. The SMILES string of the molecule is CCC1(NC(=O)CC2(CS)CC2)CCC1. The van der Waals surface area contributed by atoms with Crippen molar-refractivity contribution in [3.05, 3.63) is 0 Å². The number of thiol groups is 1. The molecule has 1 amide bonds. The Hall–Kier alpha value is -0.180. The zero-order valence-corrected chi connectivity index (χ0v) is 10.4. The summed E-state index contributed by atoms with van der Waals surface area (Å²) in [6.07, 6.45) is 7.75. The highest BCUT2D eigenvalue weighted by atomic mass is 32.1. The fourth-order valence-electron chi connectivity index (χ4n) is 2.42. The highest BCUT2D eigenvalue weighted by molar-refractivity contribution is 7.80. The van der Waals surface area contributed by atoms with E-state index in [4.69, 9.17) is 0 Å². The van der Waals surface area contributed by atoms with Crippen molar-refractivity contribution in [2.24, 2.45) is 5.41 Å². The zero-order chi connectivity index (χ0) is 10.9. The Morgan fingerprint density at radius 2 is 2.00 bits per heavy atom. The Bertz CT molecular complexity index is 251. The number of carbonyl (C=O) groups excluding carboxylic acids is 1. The number of carbonyl (C=O) groups is 1. The molecule has 0 saturated heterocycles. The van der Waals surface area contributed by atoms with Gasteiger partial charge in [0.05, 0.1) is 0 Å². The average molecular weight is 227 g/mol. The van der Waals surface area contributed by atoms with Gasteiger partial charge in [-0.15, -0.1) is 0 Å². The van der Waals surface area contributed by atoms with Crippen molar-refractivity contribution < 1.29 is 4.79 Å². The van der Waals surface area contributed by atoms with Crippen LogP contribution in [0.5, 0.6) is 0 Å². The molecular weight excluding hydrogens is 206 g/mol. The van der Waals surface area contributed by atoms with Crippen LogP contribution < -0.4 is 5.32 Å². The van der Waals surface area contributed by atoms with Crippen LogP contribution in [0.4, 0.5) is 0 Å². The summed E-state index contributed by atoms with van der Waals surface area (Å²) >= 11 is 4.33. The molecule has 2 rings (SSSR count). The van der Waals surface area contributed by atoms with Gasteiger partial charge in [0.1, 0.15) is 0 Å². The Morgan fingerprint density at radius 1 is 1.33 bits per heavy atom. The van der Waals surface area contributed by atoms with E-state index in [-0.39, 0.29) is 16.9 Å². The van der Waals surface area contributed by atoms with Crippen LogP contribution in [0, 0.1) is 5.41 Å². The molecule has 86 valence electrons. The molecule has 0 aromatic rings. The van der Waals surface area contributed by atoms with Crippen molar-refractivity contribution in [3.63, 3.8) is 0 Å². The van der Waals surface area contributed by atoms with Crippen molar-refractivity contribution in [2.45, 2.75) is 57.4 Å². The number of hydrogen-bond donors (Lipinski definition) is 2. The molecule has 2 nitrogen and oxygen atoms in total. The third-order valence-corrected chi connectivity index (χ3v) is 4.89. The van der Waals surface area contributed by atoms with E-state index < -0.39 is 0 Å². The summed E-state index contributed by atoms with van der Waals surface area (Å²) in [5, 5.41) is 3.24. The first-order valence-electron chi connectivity index (χ1n) is 6.06. The summed E-state index contributed by atoms with van der Waals surface area (Å²) < 4.78 is 0. The summed E-state index contributed by atoms with van der Waals surface area (Å²) in [5.74, 6) is 1.11. The van der Waals surface area contributed by atoms with Crippen LogP contribution in [0.15, 0.2) is 0 Å². The van der Waals surface area contributed by atoms with E-state index in [2.05, 4.69) is 24.9 Å². The van der Waals surface area contributed by atoms with Gasteiger partial charge in [-0.25, -0.2) is 0 Å². The maximum Gasteiger partial charge on any atom is 0.221 e. The molecule has 2 aliphatic rings. The molecule has 15 heavy (non-hydrogen) atoms. The van der Waals surface area contributed by atoms with Crippen LogP contribution in [0.25, 0.3) is 0 Å². The quantitative estimate of drug-likeness (QED) is 0.694. The van der Waals surface area contributed by atoms with Gasteiger partial charge in [-0.1, -0.05) is 6.92 Å². The lowest BCUT2D eigenvalue weighted by Crippen LogP contribution is -2.53. The van der Waals surface area contributed by atoms with E-state index >= 15 is 0 Å². The summed E-state index contributed by atoms with van der Waals surface area (Å²) in [6, 6.07) is 0. The number of rotatable bonds is 5. The lowest BCUT2D eigenvalue weighted by molar-refractivity contribution is -0.125. The number of nitrogens with one attached hydrogen (secondary N) is 1. The normalized spacial score (nSPS) is 25.5. The van der Waals surface area contributed by atoms with Crippen LogP contribution in [-0.4, -0.2) is 17.2 Å². The Labute approximate surface area is 97.6 Å². The fraction of sp³-hybridized carbons (Fsp3) is 0.917. The van der Waals surface area contributed by atoms with Gasteiger partial charge >= 0.3 is 0 Å². The van der Waals surface area contributed by atoms with Gasteiger partial charge in [-0.2, -0.15) is 12.6 Å². The molecule has 0 unspecified atom stereocenters. The van der Waals surface area contributed by atoms with Crippen LogP contribution >= 0.6 is 12.6 Å². The van der Waals surface area contributed by atoms with Gasteiger partial charge in [0.15, 0.2) is 0 Å². The molecule has 0 aliphatic heterocycles. The van der Waals surface area contributed by atoms with Crippen LogP contribution in [-0.2, 0) is 4.79 Å². The van der Waals surface area contributed by atoms with Crippen molar-refractivity contribution in [1.29, 1.82) is 0 Å². The summed E-state index contributed by atoms with van der Waals surface area (Å²) in [6.45, 7) is 2.17. The molecule has 0 aromatic heterocycles. The van der Waals surface area contributed by atoms with Gasteiger partial charge in [0.25, 0.3) is 0 Å². The molecule has 2 aliphatic carbocycles. The standard InChI is InChI=1S/C12H21NOS/c1-2-12(4-3-5-12)13-10(14)8-11(9-15)6-7-11/h15H,2-9H2,1H3,(H,13,14). The molecule has 2 saturated carbocycles. The van der Waals surface area contributed by atoms with E-state index in [9.17, 15) is 4.79 Å². The predicted molar refractivity (Wildman–Crippen MR) is 65.2 cm³/mol. The lowest BCUT2D eigenvalue weighted by Gasteiger charge is -2.42. The third-order valence-electron chi connectivity index (χ3n) is 4.22. The first-order valence-corrected chi connectivity index (χ1v) is 6.69. The predicted octanol–water partition coefficient (Wildman–Crippen LogP) is 2.54. The Balaban J connectivity index is 1.82. The van der Waals surface area contributed by atoms with Crippen LogP contribution in [0.2, 0.25) is 0 Å². The van der Waals surface area contributed by atoms with Crippen molar-refractivity contribution >= 4 is 18.5 Å². The van der Waals surface area contributed by atoms with Crippen LogP contribution in [0.3, 0.4) is 0 Å². The number of hydrogen-bond acceptors (Lipinski definition) is 2. The van der Waals surface area contributed by atoms with E-state index in [1.54, 1.807) is 0 Å². The zero-order valence-electron chi connectivity index (χ0n) is 9.51. The topological polar surface area (TPSA) is 29.1 Å². The van der Waals surface area contributed by atoms with E-state index in [1.807, 2.05) is 0 Å². The average Bonchev–Trinajstić information content (AvgIpc) is 2.92. The minimum absolute atomic E-state index is 0.157. The van der Waals surface area contributed by atoms with Gasteiger partial charge < -0.3 is 5.32 Å². The molecule has 0 heterocycles. The van der Waals surface area contributed by atoms with E-state index in [0.717, 1.165) is 12.2 Å². The maximum atomic E-state index is 11.9. The summed E-state index contributed by atoms with van der Waals surface area (Å²) in [5.41, 5.74) is 0.412.